The summed E-state index contributed by atoms with van der Waals surface area (Å²) >= 11 is 2.35. The zero-order valence-corrected chi connectivity index (χ0v) is 40.5. The minimum absolute atomic E-state index is 0. The van der Waals surface area contributed by atoms with Crippen LogP contribution < -0.4 is 24.8 Å². The molecule has 2 aliphatic rings. The van der Waals surface area contributed by atoms with Gasteiger partial charge >= 0.3 is 140 Å². The van der Waals surface area contributed by atoms with Gasteiger partial charge in [-0.1, -0.05) is 72.8 Å². The van der Waals surface area contributed by atoms with Gasteiger partial charge in [0.15, 0.2) is 0 Å². The number of hydrogen-bond acceptors (Lipinski definition) is 0. The normalized spacial score (nSPS) is 11.2. The SMILES string of the molecule is C[C](=[Hf+2])c1ccccc1.C[C](=[Hf+2])c1ccccc1.[C-]1=CC=CC1.[C-]1=CC=CC1.[Cl-].[Cl-].c1ccc2c(c1)[cH-]c1ccccc12.c1ccc2c(c1)[cH-]c1ccccc12. The molecule has 8 aromatic rings. The summed E-state index contributed by atoms with van der Waals surface area (Å²) in [5.41, 5.74) is 2.79. The van der Waals surface area contributed by atoms with Crippen molar-refractivity contribution in [2.75, 3.05) is 0 Å². The number of rotatable bonds is 2. The van der Waals surface area contributed by atoms with E-state index in [1.807, 2.05) is 36.4 Å². The summed E-state index contributed by atoms with van der Waals surface area (Å²) in [7, 11) is 0. The molecule has 0 N–H and O–H groups in total. The molecule has 0 bridgehead atoms. The van der Waals surface area contributed by atoms with Gasteiger partial charge < -0.3 is 24.8 Å². The van der Waals surface area contributed by atoms with Crippen molar-refractivity contribution in [2.45, 2.75) is 26.7 Å². The Morgan fingerprint density at radius 1 is 0.411 bits per heavy atom. The van der Waals surface area contributed by atoms with E-state index in [1.54, 1.807) is 0 Å². The summed E-state index contributed by atoms with van der Waals surface area (Å²) < 4.78 is 3.02. The Kier molecular flexibility index (Phi) is 21.6. The Morgan fingerprint density at radius 3 is 0.875 bits per heavy atom. The topological polar surface area (TPSA) is 0 Å². The third-order valence-electron chi connectivity index (χ3n) is 8.63. The molecule has 0 nitrogen and oxygen atoms in total. The van der Waals surface area contributed by atoms with Gasteiger partial charge in [0.2, 0.25) is 0 Å². The smallest absolute Gasteiger partial charge is 0.0771 e. The quantitative estimate of drug-likeness (QED) is 0.124. The molecule has 0 saturated carbocycles. The molecule has 0 aromatic heterocycles. The number of fused-ring (bicyclic) bond motifs is 6. The minimum Gasteiger partial charge on any atom is -1.00 e. The van der Waals surface area contributed by atoms with Gasteiger partial charge in [0.25, 0.3) is 0 Å². The van der Waals surface area contributed by atoms with Crippen molar-refractivity contribution < 1.29 is 72.6 Å². The Bertz CT molecular complexity index is 2200. The molecule has 0 radical (unpaired) electrons. The second-order valence-corrected chi connectivity index (χ2v) is 18.0. The van der Waals surface area contributed by atoms with Crippen LogP contribution in [0.3, 0.4) is 0 Å². The van der Waals surface area contributed by atoms with Gasteiger partial charge in [0.05, 0.1) is 0 Å². The van der Waals surface area contributed by atoms with Crippen LogP contribution in [0.1, 0.15) is 37.8 Å². The van der Waals surface area contributed by atoms with Crippen LogP contribution in [0.2, 0.25) is 0 Å². The van der Waals surface area contributed by atoms with E-state index in [0.717, 1.165) is 12.8 Å². The van der Waals surface area contributed by atoms with Crippen molar-refractivity contribution >= 4 is 49.6 Å². The molecule has 0 amide bonds. The first-order valence-corrected chi connectivity index (χ1v) is 21.8. The molecule has 0 saturated heterocycles. The number of halogens is 2. The summed E-state index contributed by atoms with van der Waals surface area (Å²) in [6, 6.07) is 59.6. The monoisotopic (exact) mass is 1100 g/mol. The molecule has 276 valence electrons. The number of allylic oxidation sites excluding steroid dienone is 8. The van der Waals surface area contributed by atoms with Gasteiger partial charge in [-0.15, -0.1) is 92.3 Å². The molecule has 0 fully saturated rings. The van der Waals surface area contributed by atoms with E-state index in [0.29, 0.717) is 0 Å². The molecule has 4 heteroatoms. The molecule has 0 atom stereocenters. The molecule has 2 aliphatic carbocycles. The molecular formula is C52H44Cl2Hf2-2. The van der Waals surface area contributed by atoms with Crippen molar-refractivity contribution in [1.82, 2.24) is 0 Å². The summed E-state index contributed by atoms with van der Waals surface area (Å²) in [6.07, 6.45) is 20.0. The van der Waals surface area contributed by atoms with E-state index >= 15 is 0 Å². The fraction of sp³-hybridized carbons (Fsp3) is 0.0769. The van der Waals surface area contributed by atoms with Crippen LogP contribution in [0.4, 0.5) is 0 Å². The Hall–Kier alpha value is -3.92. The number of hydrogen-bond donors (Lipinski definition) is 0. The Balaban J connectivity index is 0.000000185. The predicted molar refractivity (Wildman–Crippen MR) is 230 cm³/mol. The first-order valence-electron chi connectivity index (χ1n) is 18.2. The van der Waals surface area contributed by atoms with Gasteiger partial charge in [-0.25, -0.2) is 24.3 Å². The number of benzene rings is 6. The molecule has 56 heavy (non-hydrogen) atoms. The van der Waals surface area contributed by atoms with Crippen molar-refractivity contribution in [1.29, 1.82) is 0 Å². The average Bonchev–Trinajstić information content (AvgIpc) is 4.08. The van der Waals surface area contributed by atoms with E-state index in [2.05, 4.69) is 196 Å². The van der Waals surface area contributed by atoms with Crippen molar-refractivity contribution in [3.05, 3.63) is 230 Å². The summed E-state index contributed by atoms with van der Waals surface area (Å²) in [5.74, 6) is 0. The Labute approximate surface area is 375 Å². The van der Waals surface area contributed by atoms with Gasteiger partial charge in [0.1, 0.15) is 0 Å². The van der Waals surface area contributed by atoms with Gasteiger partial charge in [0, 0.05) is 0 Å². The summed E-state index contributed by atoms with van der Waals surface area (Å²) in [4.78, 5) is 0. The van der Waals surface area contributed by atoms with E-state index in [1.165, 1.54) is 109 Å². The van der Waals surface area contributed by atoms with Crippen LogP contribution >= 0.6 is 0 Å². The van der Waals surface area contributed by atoms with E-state index in [4.69, 9.17) is 0 Å². The average molecular weight is 1100 g/mol. The first kappa shape index (κ1) is 46.5. The maximum absolute atomic E-state index is 2.99. The van der Waals surface area contributed by atoms with Crippen molar-refractivity contribution in [2.24, 2.45) is 0 Å². The van der Waals surface area contributed by atoms with Gasteiger partial charge in [-0.3, -0.25) is 12.2 Å². The van der Waals surface area contributed by atoms with E-state index in [9.17, 15) is 0 Å². The van der Waals surface area contributed by atoms with Crippen LogP contribution in [-0.4, -0.2) is 6.51 Å². The standard InChI is InChI=1S/2C13H9.2C8H8.2C5H5.2ClH.2Hf/c2*1-3-7-12-10(5-1)9-11-6-2-4-8-13(11)12;2*1-2-8-6-4-3-5-7-8;2*1-2-4-5-3-1;;;;/h2*1-9H;2*3-7H,1H3;2*1-3H,4H2;2*1H;;/q2*-1;;;2*-1;;;2*+2/p-2. The first-order chi connectivity index (χ1) is 26.5. The second kappa shape index (κ2) is 26.1. The summed E-state index contributed by atoms with van der Waals surface area (Å²) in [6.45, 7) is 4.36. The van der Waals surface area contributed by atoms with Crippen LogP contribution in [0, 0.1) is 12.2 Å². The van der Waals surface area contributed by atoms with E-state index < -0.39 is 0 Å². The molecule has 0 spiro atoms. The predicted octanol–water partition coefficient (Wildman–Crippen LogP) is 7.59. The minimum atomic E-state index is 0. The second-order valence-electron chi connectivity index (χ2n) is 12.6. The van der Waals surface area contributed by atoms with Crippen LogP contribution in [0.15, 0.2) is 206 Å². The molecule has 0 unspecified atom stereocenters. The molecular weight excluding hydrogens is 1050 g/mol. The molecule has 0 heterocycles. The molecule has 8 aromatic carbocycles. The van der Waals surface area contributed by atoms with Crippen molar-refractivity contribution in [3.63, 3.8) is 0 Å². The third kappa shape index (κ3) is 14.9. The molecule has 0 aliphatic heterocycles. The fourth-order valence-corrected chi connectivity index (χ4v) is 7.06. The van der Waals surface area contributed by atoms with Crippen LogP contribution in [-0.2, 0) is 47.8 Å². The van der Waals surface area contributed by atoms with Gasteiger partial charge in [-0.2, -0.15) is 12.2 Å². The third-order valence-corrected chi connectivity index (χ3v) is 10.7. The van der Waals surface area contributed by atoms with E-state index in [-0.39, 0.29) is 24.8 Å². The largest absolute Gasteiger partial charge is 1.00 e. The fourth-order valence-electron chi connectivity index (χ4n) is 5.86. The molecule has 10 rings (SSSR count). The zero-order chi connectivity index (χ0) is 37.8. The maximum Gasteiger partial charge on any atom is -0.0771 e. The van der Waals surface area contributed by atoms with Crippen molar-refractivity contribution in [3.8, 4) is 0 Å². The van der Waals surface area contributed by atoms with Gasteiger partial charge in [-0.05, 0) is 0 Å². The van der Waals surface area contributed by atoms with Crippen LogP contribution in [0.5, 0.6) is 0 Å². The maximum atomic E-state index is 2.99. The van der Waals surface area contributed by atoms with Crippen LogP contribution in [0.25, 0.3) is 43.1 Å². The summed E-state index contributed by atoms with van der Waals surface area (Å²) in [5, 5.41) is 10.8. The Morgan fingerprint density at radius 2 is 0.679 bits per heavy atom. The zero-order valence-electron chi connectivity index (χ0n) is 31.8.